The van der Waals surface area contributed by atoms with Crippen molar-refractivity contribution in [2.24, 2.45) is 0 Å². The third kappa shape index (κ3) is 47.6. The van der Waals surface area contributed by atoms with E-state index in [1.165, 1.54) is 212 Å². The van der Waals surface area contributed by atoms with Gasteiger partial charge in [-0.3, -0.25) is 14.1 Å². The van der Waals surface area contributed by atoms with Crippen molar-refractivity contribution in [1.82, 2.24) is 0 Å². The Morgan fingerprint density at radius 1 is 0.386 bits per heavy atom. The van der Waals surface area contributed by atoms with Crippen LogP contribution in [0.15, 0.2) is 0 Å². The molecule has 0 fully saturated rings. The van der Waals surface area contributed by atoms with E-state index in [1.54, 1.807) is 0 Å². The van der Waals surface area contributed by atoms with E-state index in [1.807, 2.05) is 0 Å². The van der Waals surface area contributed by atoms with Crippen LogP contribution in [-0.2, 0) is 28.2 Å². The number of rotatable bonds is 47. The molecule has 0 aromatic carbocycles. The number of hydrogen-bond acceptors (Lipinski definition) is 6. The van der Waals surface area contributed by atoms with Crippen molar-refractivity contribution >= 4 is 19.8 Å². The summed E-state index contributed by atoms with van der Waals surface area (Å²) in [7, 11) is -4.75. The lowest BCUT2D eigenvalue weighted by atomic mass is 10.0. The Kier molecular flexibility index (Phi) is 43.9. The molecule has 0 aliphatic carbocycles. The summed E-state index contributed by atoms with van der Waals surface area (Å²) in [5.74, 6) is -0.862. The second kappa shape index (κ2) is 44.6. The van der Waals surface area contributed by atoms with Gasteiger partial charge in [-0.05, 0) is 12.8 Å². The fourth-order valence-electron chi connectivity index (χ4n) is 7.67. The maximum absolute atomic E-state index is 12.5. The zero-order valence-corrected chi connectivity index (χ0v) is 38.7. The number of carbonyl (C=O) groups excluding carboxylic acids is 2. The summed E-state index contributed by atoms with van der Waals surface area (Å²) in [6.45, 7) is 3.75. The predicted molar refractivity (Wildman–Crippen MR) is 239 cm³/mol. The summed E-state index contributed by atoms with van der Waals surface area (Å²) in [6.07, 6.45) is 49.8. The van der Waals surface area contributed by atoms with Crippen LogP contribution in [0.3, 0.4) is 0 Å². The van der Waals surface area contributed by atoms with E-state index in [0.29, 0.717) is 6.42 Å². The first-order valence-electron chi connectivity index (χ1n) is 24.8. The maximum atomic E-state index is 12.5. The third-order valence-electron chi connectivity index (χ3n) is 11.4. The summed E-state index contributed by atoms with van der Waals surface area (Å²) >= 11 is 0. The van der Waals surface area contributed by atoms with Crippen LogP contribution in [0.25, 0.3) is 0 Å². The van der Waals surface area contributed by atoms with E-state index < -0.39 is 32.5 Å². The highest BCUT2D eigenvalue weighted by atomic mass is 31.2. The SMILES string of the molecule is CCCCCCCCCCCCCCCCCCCCCCCCCC(=O)OC(COC(=O)CCCCCCCCCCCCCCCCCC)COP(=O)(O)O. The molecule has 57 heavy (non-hydrogen) atoms. The molecule has 0 spiro atoms. The number of phosphoric acid groups is 1. The first-order chi connectivity index (χ1) is 27.8. The first kappa shape index (κ1) is 56.0. The average molecular weight is 831 g/mol. The van der Waals surface area contributed by atoms with Gasteiger partial charge in [0.25, 0.3) is 0 Å². The minimum atomic E-state index is -4.75. The zero-order chi connectivity index (χ0) is 41.8. The second-order valence-corrected chi connectivity index (χ2v) is 18.4. The van der Waals surface area contributed by atoms with Crippen molar-refractivity contribution in [1.29, 1.82) is 0 Å². The normalized spacial score (nSPS) is 12.3. The van der Waals surface area contributed by atoms with Crippen LogP contribution in [0.2, 0.25) is 0 Å². The molecular formula is C48H95O8P. The molecule has 0 rings (SSSR count). The molecule has 340 valence electrons. The first-order valence-corrected chi connectivity index (χ1v) is 26.4. The molecule has 0 saturated heterocycles. The maximum Gasteiger partial charge on any atom is 0.469 e. The minimum Gasteiger partial charge on any atom is -0.462 e. The third-order valence-corrected chi connectivity index (χ3v) is 11.9. The van der Waals surface area contributed by atoms with Gasteiger partial charge in [-0.2, -0.15) is 0 Å². The van der Waals surface area contributed by atoms with Crippen LogP contribution in [0.4, 0.5) is 0 Å². The van der Waals surface area contributed by atoms with Crippen molar-refractivity contribution in [2.45, 2.75) is 283 Å². The number of esters is 2. The molecule has 0 amide bonds. The largest absolute Gasteiger partial charge is 0.469 e. The fourth-order valence-corrected chi connectivity index (χ4v) is 8.03. The van der Waals surface area contributed by atoms with Gasteiger partial charge >= 0.3 is 19.8 Å². The van der Waals surface area contributed by atoms with Crippen LogP contribution in [0.5, 0.6) is 0 Å². The van der Waals surface area contributed by atoms with E-state index in [9.17, 15) is 14.2 Å². The summed E-state index contributed by atoms with van der Waals surface area (Å²) < 4.78 is 26.5. The van der Waals surface area contributed by atoms with Gasteiger partial charge in [-0.25, -0.2) is 4.57 Å². The highest BCUT2D eigenvalue weighted by molar-refractivity contribution is 7.46. The summed E-state index contributed by atoms with van der Waals surface area (Å²) in [4.78, 5) is 43.0. The van der Waals surface area contributed by atoms with Gasteiger partial charge in [-0.15, -0.1) is 0 Å². The molecule has 1 unspecified atom stereocenters. The Labute approximate surface area is 353 Å². The Morgan fingerprint density at radius 2 is 0.632 bits per heavy atom. The van der Waals surface area contributed by atoms with Crippen molar-refractivity contribution in [2.75, 3.05) is 13.2 Å². The van der Waals surface area contributed by atoms with E-state index in [0.717, 1.165) is 32.1 Å². The molecule has 0 aliphatic heterocycles. The average Bonchev–Trinajstić information content (AvgIpc) is 3.18. The standard InChI is InChI=1S/C48H95O8P/c1-3-5-7-9-11-13-15-17-19-21-22-23-24-25-26-27-29-31-33-35-37-39-41-43-48(50)56-46(45-55-57(51,52)53)44-54-47(49)42-40-38-36-34-32-30-28-20-18-16-14-12-10-8-6-4-2/h46H,3-45H2,1-2H3,(H2,51,52,53). The van der Waals surface area contributed by atoms with Gasteiger partial charge in [0.05, 0.1) is 6.61 Å². The molecule has 0 aliphatic rings. The number of hydrogen-bond donors (Lipinski definition) is 2. The van der Waals surface area contributed by atoms with Gasteiger partial charge in [0, 0.05) is 12.8 Å². The van der Waals surface area contributed by atoms with E-state index in [4.69, 9.17) is 19.3 Å². The van der Waals surface area contributed by atoms with E-state index in [-0.39, 0.29) is 19.4 Å². The molecule has 8 nitrogen and oxygen atoms in total. The number of ether oxygens (including phenoxy) is 2. The smallest absolute Gasteiger partial charge is 0.462 e. The summed E-state index contributed by atoms with van der Waals surface area (Å²) in [6, 6.07) is 0. The lowest BCUT2D eigenvalue weighted by molar-refractivity contribution is -0.161. The van der Waals surface area contributed by atoms with Crippen LogP contribution in [0.1, 0.15) is 277 Å². The van der Waals surface area contributed by atoms with Crippen molar-refractivity contribution in [3.63, 3.8) is 0 Å². The number of carbonyl (C=O) groups is 2. The number of phosphoric ester groups is 1. The monoisotopic (exact) mass is 831 g/mol. The zero-order valence-electron chi connectivity index (χ0n) is 37.8. The molecule has 2 N–H and O–H groups in total. The van der Waals surface area contributed by atoms with Crippen LogP contribution in [0, 0.1) is 0 Å². The summed E-state index contributed by atoms with van der Waals surface area (Å²) in [5, 5.41) is 0. The van der Waals surface area contributed by atoms with E-state index in [2.05, 4.69) is 18.4 Å². The lowest BCUT2D eigenvalue weighted by Gasteiger charge is -2.18. The highest BCUT2D eigenvalue weighted by Gasteiger charge is 2.23. The fraction of sp³-hybridized carbons (Fsp3) is 0.958. The molecule has 0 aromatic rings. The van der Waals surface area contributed by atoms with Gasteiger partial charge in [0.15, 0.2) is 6.10 Å². The molecule has 0 heterocycles. The molecular weight excluding hydrogens is 735 g/mol. The van der Waals surface area contributed by atoms with Gasteiger partial charge in [-0.1, -0.05) is 251 Å². The van der Waals surface area contributed by atoms with Crippen molar-refractivity contribution < 1.29 is 37.9 Å². The molecule has 0 aromatic heterocycles. The quantitative estimate of drug-likeness (QED) is 0.0353. The second-order valence-electron chi connectivity index (χ2n) is 17.2. The topological polar surface area (TPSA) is 119 Å². The molecule has 0 radical (unpaired) electrons. The van der Waals surface area contributed by atoms with Gasteiger partial charge in [0.2, 0.25) is 0 Å². The van der Waals surface area contributed by atoms with Gasteiger partial charge < -0.3 is 19.3 Å². The number of unbranched alkanes of at least 4 members (excludes halogenated alkanes) is 37. The van der Waals surface area contributed by atoms with Crippen LogP contribution >= 0.6 is 7.82 Å². The Morgan fingerprint density at radius 3 is 0.895 bits per heavy atom. The predicted octanol–water partition coefficient (Wildman–Crippen LogP) is 15.6. The van der Waals surface area contributed by atoms with Crippen molar-refractivity contribution in [3.05, 3.63) is 0 Å². The van der Waals surface area contributed by atoms with Gasteiger partial charge in [0.1, 0.15) is 6.61 Å². The minimum absolute atomic E-state index is 0.221. The lowest BCUT2D eigenvalue weighted by Crippen LogP contribution is -2.29. The highest BCUT2D eigenvalue weighted by Crippen LogP contribution is 2.36. The van der Waals surface area contributed by atoms with E-state index >= 15 is 0 Å². The Balaban J connectivity index is 3.75. The molecule has 0 bridgehead atoms. The van der Waals surface area contributed by atoms with Crippen LogP contribution in [-0.4, -0.2) is 41.0 Å². The molecule has 0 saturated carbocycles. The van der Waals surface area contributed by atoms with Crippen molar-refractivity contribution in [3.8, 4) is 0 Å². The molecule has 1 atom stereocenters. The Bertz CT molecular complexity index is 894. The molecule has 9 heteroatoms. The van der Waals surface area contributed by atoms with Crippen LogP contribution < -0.4 is 0 Å². The summed E-state index contributed by atoms with van der Waals surface area (Å²) in [5.41, 5.74) is 0. The Hall–Kier alpha value is -0.950.